The minimum absolute atomic E-state index is 0.891. The quantitative estimate of drug-likeness (QED) is 0.271. The maximum absolute atomic E-state index is 2.54. The van der Waals surface area contributed by atoms with Crippen molar-refractivity contribution in [3.8, 4) is 0 Å². The van der Waals surface area contributed by atoms with E-state index in [0.29, 0.717) is 0 Å². The van der Waals surface area contributed by atoms with Gasteiger partial charge in [-0.25, -0.2) is 0 Å². The Hall–Kier alpha value is 0. The van der Waals surface area contributed by atoms with Crippen LogP contribution in [0.15, 0.2) is 0 Å². The third-order valence-electron chi connectivity index (χ3n) is 4.13. The number of hydrogen-bond donors (Lipinski definition) is 0. The van der Waals surface area contributed by atoms with E-state index in [1.165, 1.54) is 83.5 Å². The van der Waals surface area contributed by atoms with E-state index in [9.17, 15) is 0 Å². The van der Waals surface area contributed by atoms with Crippen LogP contribution in [0.4, 0.5) is 0 Å². The van der Waals surface area contributed by atoms with E-state index in [0.717, 1.165) is 11.8 Å². The summed E-state index contributed by atoms with van der Waals surface area (Å²) in [5.74, 6) is 1.78. The van der Waals surface area contributed by atoms with Crippen molar-refractivity contribution in [3.63, 3.8) is 0 Å². The molecule has 0 saturated carbocycles. The van der Waals surface area contributed by atoms with Crippen LogP contribution in [-0.2, 0) is 0 Å². The zero-order chi connectivity index (χ0) is 15.1. The van der Waals surface area contributed by atoms with Gasteiger partial charge >= 0.3 is 0 Å². The van der Waals surface area contributed by atoms with Crippen molar-refractivity contribution in [2.24, 2.45) is 11.8 Å². The van der Waals surface area contributed by atoms with Crippen molar-refractivity contribution in [2.75, 3.05) is 0 Å². The van der Waals surface area contributed by atoms with Crippen LogP contribution in [0.3, 0.4) is 0 Å². The van der Waals surface area contributed by atoms with Gasteiger partial charge in [-0.15, -0.1) is 0 Å². The number of unbranched alkanes of at least 4 members (excludes halogenated alkanes) is 11. The fraction of sp³-hybridized carbons (Fsp3) is 0.950. The van der Waals surface area contributed by atoms with Gasteiger partial charge in [-0.05, 0) is 18.3 Å². The third-order valence-corrected chi connectivity index (χ3v) is 4.13. The molecule has 0 bridgehead atoms. The Labute approximate surface area is 130 Å². The predicted molar refractivity (Wildman–Crippen MR) is 94.0 cm³/mol. The lowest BCUT2D eigenvalue weighted by Crippen LogP contribution is -1.88. The van der Waals surface area contributed by atoms with Gasteiger partial charge in [0.05, 0.1) is 0 Å². The van der Waals surface area contributed by atoms with E-state index in [1.807, 2.05) is 0 Å². The van der Waals surface area contributed by atoms with Crippen LogP contribution in [0.5, 0.6) is 0 Å². The Morgan fingerprint density at radius 1 is 0.500 bits per heavy atom. The molecule has 0 heteroatoms. The molecule has 0 aliphatic carbocycles. The van der Waals surface area contributed by atoms with Gasteiger partial charge in [0.2, 0.25) is 0 Å². The van der Waals surface area contributed by atoms with Crippen molar-refractivity contribution in [2.45, 2.75) is 111 Å². The number of rotatable bonds is 15. The molecule has 0 unspecified atom stereocenters. The van der Waals surface area contributed by atoms with Crippen molar-refractivity contribution in [1.82, 2.24) is 0 Å². The molecule has 0 fully saturated rings. The second kappa shape index (κ2) is 15.4. The summed E-state index contributed by atoms with van der Waals surface area (Å²) in [7, 11) is 0. The molecular weight excluding hydrogens is 240 g/mol. The summed E-state index contributed by atoms with van der Waals surface area (Å²) in [5.41, 5.74) is 0. The van der Waals surface area contributed by atoms with Crippen LogP contribution in [0.1, 0.15) is 111 Å². The van der Waals surface area contributed by atoms with Gasteiger partial charge in [0.15, 0.2) is 0 Å². The first-order chi connectivity index (χ1) is 9.63. The predicted octanol–water partition coefficient (Wildman–Crippen LogP) is 7.57. The monoisotopic (exact) mass is 281 g/mol. The zero-order valence-corrected chi connectivity index (χ0v) is 14.9. The van der Waals surface area contributed by atoms with Crippen molar-refractivity contribution in [1.29, 1.82) is 0 Å². The average molecular weight is 282 g/mol. The Morgan fingerprint density at radius 2 is 0.850 bits per heavy atom. The Morgan fingerprint density at radius 3 is 1.25 bits per heavy atom. The molecule has 0 rings (SSSR count). The van der Waals surface area contributed by atoms with Crippen LogP contribution >= 0.6 is 0 Å². The van der Waals surface area contributed by atoms with Gasteiger partial charge in [0, 0.05) is 0 Å². The average Bonchev–Trinajstić information content (AvgIpc) is 2.38. The first-order valence-corrected chi connectivity index (χ1v) is 9.44. The SMILES string of the molecule is CC(C)CCCCCC[CH]CCCCCCCC(C)C. The third kappa shape index (κ3) is 18.0. The summed E-state index contributed by atoms with van der Waals surface area (Å²) in [4.78, 5) is 0. The van der Waals surface area contributed by atoms with E-state index in [2.05, 4.69) is 34.1 Å². The lowest BCUT2D eigenvalue weighted by Gasteiger charge is -2.05. The molecule has 0 heterocycles. The summed E-state index contributed by atoms with van der Waals surface area (Å²) in [6.07, 6.45) is 21.1. The molecule has 0 aromatic rings. The van der Waals surface area contributed by atoms with Crippen molar-refractivity contribution in [3.05, 3.63) is 6.42 Å². The van der Waals surface area contributed by atoms with Crippen molar-refractivity contribution < 1.29 is 0 Å². The molecule has 0 atom stereocenters. The van der Waals surface area contributed by atoms with Gasteiger partial charge in [-0.1, -0.05) is 111 Å². The Balaban J connectivity index is 2.96. The fourth-order valence-electron chi connectivity index (χ4n) is 2.71. The molecule has 0 amide bonds. The van der Waals surface area contributed by atoms with Crippen LogP contribution in [-0.4, -0.2) is 0 Å². The lowest BCUT2D eigenvalue weighted by atomic mass is 10.0. The molecular formula is C20H41. The largest absolute Gasteiger partial charge is 0.0628 e. The molecule has 0 aromatic carbocycles. The smallest absolute Gasteiger partial charge is 0.0386 e. The van der Waals surface area contributed by atoms with Crippen LogP contribution < -0.4 is 0 Å². The fourth-order valence-corrected chi connectivity index (χ4v) is 2.71. The lowest BCUT2D eigenvalue weighted by molar-refractivity contribution is 0.510. The highest BCUT2D eigenvalue weighted by atomic mass is 14.0. The zero-order valence-electron chi connectivity index (χ0n) is 14.9. The summed E-state index contributed by atoms with van der Waals surface area (Å²) in [5, 5.41) is 0. The molecule has 0 saturated heterocycles. The Bertz CT molecular complexity index is 149. The molecule has 1 radical (unpaired) electrons. The molecule has 0 aliphatic rings. The minimum Gasteiger partial charge on any atom is -0.0628 e. The number of hydrogen-bond acceptors (Lipinski definition) is 0. The maximum Gasteiger partial charge on any atom is -0.0386 e. The highest BCUT2D eigenvalue weighted by Gasteiger charge is 1.96. The van der Waals surface area contributed by atoms with E-state index in [4.69, 9.17) is 0 Å². The molecule has 0 aromatic heterocycles. The molecule has 0 aliphatic heterocycles. The van der Waals surface area contributed by atoms with Crippen LogP contribution in [0.2, 0.25) is 0 Å². The maximum atomic E-state index is 2.54. The van der Waals surface area contributed by atoms with Crippen LogP contribution in [0.25, 0.3) is 0 Å². The van der Waals surface area contributed by atoms with Crippen LogP contribution in [0, 0.1) is 18.3 Å². The standard InChI is InChI=1S/C20H41/c1-19(2)17-15-13-11-9-7-5-6-8-10-12-14-16-18-20(3)4/h5,19-20H,6-18H2,1-4H3. The van der Waals surface area contributed by atoms with Gasteiger partial charge < -0.3 is 0 Å². The second-order valence-corrected chi connectivity index (χ2v) is 7.41. The molecule has 0 nitrogen and oxygen atoms in total. The topological polar surface area (TPSA) is 0 Å². The second-order valence-electron chi connectivity index (χ2n) is 7.41. The summed E-state index contributed by atoms with van der Waals surface area (Å²) >= 11 is 0. The van der Waals surface area contributed by atoms with E-state index < -0.39 is 0 Å². The van der Waals surface area contributed by atoms with Crippen molar-refractivity contribution >= 4 is 0 Å². The molecule has 20 heavy (non-hydrogen) atoms. The van der Waals surface area contributed by atoms with E-state index >= 15 is 0 Å². The first-order valence-electron chi connectivity index (χ1n) is 9.44. The molecule has 0 N–H and O–H groups in total. The van der Waals surface area contributed by atoms with Gasteiger partial charge in [0.25, 0.3) is 0 Å². The minimum atomic E-state index is 0.891. The highest BCUT2D eigenvalue weighted by molar-refractivity contribution is 4.64. The van der Waals surface area contributed by atoms with Gasteiger partial charge in [-0.3, -0.25) is 0 Å². The summed E-state index contributed by atoms with van der Waals surface area (Å²) < 4.78 is 0. The summed E-state index contributed by atoms with van der Waals surface area (Å²) in [6.45, 7) is 9.32. The highest BCUT2D eigenvalue weighted by Crippen LogP contribution is 2.14. The van der Waals surface area contributed by atoms with E-state index in [1.54, 1.807) is 0 Å². The Kier molecular flexibility index (Phi) is 15.4. The molecule has 121 valence electrons. The van der Waals surface area contributed by atoms with Gasteiger partial charge in [-0.2, -0.15) is 0 Å². The first kappa shape index (κ1) is 20.0. The summed E-state index contributed by atoms with van der Waals surface area (Å²) in [6, 6.07) is 0. The van der Waals surface area contributed by atoms with Gasteiger partial charge in [0.1, 0.15) is 0 Å². The van der Waals surface area contributed by atoms with E-state index in [-0.39, 0.29) is 0 Å². The molecule has 0 spiro atoms. The normalized spacial score (nSPS) is 11.7.